The van der Waals surface area contributed by atoms with Gasteiger partial charge >= 0.3 is 69.3 Å². The number of aromatic hydroxyl groups is 1. The van der Waals surface area contributed by atoms with E-state index in [1.165, 1.54) is 69.9 Å². The largest absolute Gasteiger partial charge is 1.00 e. The maximum absolute atomic E-state index is 13.0. The number of morpholine rings is 3. The van der Waals surface area contributed by atoms with Crippen LogP contribution in [0.1, 0.15) is 180 Å². The van der Waals surface area contributed by atoms with Gasteiger partial charge in [0.25, 0.3) is 23.6 Å². The van der Waals surface area contributed by atoms with Crippen LogP contribution in [0.2, 0.25) is 0 Å². The number of alkyl halides is 3. The quantitative estimate of drug-likeness (QED) is 0.00809. The number of rotatable bonds is 32. The number of esters is 3. The summed E-state index contributed by atoms with van der Waals surface area (Å²) in [5, 5.41) is 28.0. The average molecular weight is 2160 g/mol. The summed E-state index contributed by atoms with van der Waals surface area (Å²) >= 11 is 10.2. The second-order valence-corrected chi connectivity index (χ2v) is 36.4. The summed E-state index contributed by atoms with van der Waals surface area (Å²) in [7, 11) is 3.80. The Labute approximate surface area is 889 Å². The number of phenolic OH excluding ortho intramolecular Hbond substituents is 1. The molecule has 0 aliphatic carbocycles. The first-order chi connectivity index (χ1) is 67.3. The predicted molar refractivity (Wildman–Crippen MR) is 528 cm³/mol. The van der Waals surface area contributed by atoms with E-state index in [1.807, 2.05) is 48.5 Å². The number of nitrogens with zero attached hydrogens (tertiary/aromatic N) is 6. The summed E-state index contributed by atoms with van der Waals surface area (Å²) in [6.45, 7) is 19.3. The van der Waals surface area contributed by atoms with Crippen LogP contribution in [-0.4, -0.2) is 236 Å². The number of halogens is 3. The summed E-state index contributed by atoms with van der Waals surface area (Å²) in [5.74, 6) is -3.46. The Balaban J connectivity index is 0.000000197. The number of primary amides is 3. The maximum Gasteiger partial charge on any atom is 1.00 e. The van der Waals surface area contributed by atoms with Gasteiger partial charge in [0.05, 0.1) is 87.1 Å². The van der Waals surface area contributed by atoms with Crippen LogP contribution in [0.4, 0.5) is 0 Å². The molecule has 0 bridgehead atoms. The third kappa shape index (κ3) is 34.7. The molecule has 4 atom stereocenters. The molecular weight excluding hydrogens is 2040 g/mol. The number of piperidine rings is 1. The molecule has 16 rings (SSSR count). The molecule has 0 radical (unpaired) electrons. The van der Waals surface area contributed by atoms with Gasteiger partial charge in [0.1, 0.15) is 67.0 Å². The molecule has 4 saturated heterocycles. The number of hydrogen-bond acceptors (Lipinski definition) is 26. The molecule has 0 saturated carbocycles. The van der Waals surface area contributed by atoms with E-state index in [0.29, 0.717) is 89.0 Å². The molecule has 8 aliphatic rings. The zero-order chi connectivity index (χ0) is 101. The number of carbonyl (C=O) groups excluding carboxylic acids is 12. The summed E-state index contributed by atoms with van der Waals surface area (Å²) < 4.78 is 47.8. The SMILES string of the molecule is BrCc1ccc(CBr)cc1.C1COCCN1.CC(C)(C)[O-].COC(=O)CC[C@@H](C(N)=O)N1Cc2c(O)cccc2C1=O.COC(=O)CC[C@@H](C(N)=O)N1Cc2c(OCc3ccc(CBr)cc3)cccc2C1=O.COC(=O)CC[C@@H](C(N)=O)N1Cc2c(OCc3ccc(CN4CCOCC4)cc3)cccc2C1=O.O=C1CC[C@H](N2Cc3c(OCc4ccc(CN5CCOCC5)cc4)cccc3C2=O)C(=O)N1.[K+]. The molecule has 0 unspecified atom stereocenters. The first-order valence-electron chi connectivity index (χ1n) is 46.1. The number of amides is 9. The van der Waals surface area contributed by atoms with E-state index in [2.05, 4.69) is 143 Å². The minimum atomic E-state index is -0.914. The first-order valence-corrected chi connectivity index (χ1v) is 49.5. The molecule has 0 aromatic heterocycles. The van der Waals surface area contributed by atoms with Crippen molar-refractivity contribution in [3.8, 4) is 23.0 Å². The van der Waals surface area contributed by atoms with Crippen molar-refractivity contribution in [2.75, 3.05) is 100 Å². The zero-order valence-corrected chi connectivity index (χ0v) is 88.5. The molecule has 4 fully saturated rings. The smallest absolute Gasteiger partial charge is 0.850 e. The number of benzene rings is 8. The van der Waals surface area contributed by atoms with Crippen LogP contribution in [0.3, 0.4) is 0 Å². The van der Waals surface area contributed by atoms with Crippen LogP contribution >= 0.6 is 47.8 Å². The van der Waals surface area contributed by atoms with E-state index in [1.54, 1.807) is 80.3 Å². The fourth-order valence-electron chi connectivity index (χ4n) is 16.1. The Morgan fingerprint density at radius 2 is 0.730 bits per heavy atom. The van der Waals surface area contributed by atoms with Gasteiger partial charge in [-0.3, -0.25) is 72.7 Å². The molecule has 8 heterocycles. The van der Waals surface area contributed by atoms with Gasteiger partial charge in [0.2, 0.25) is 29.5 Å². The predicted octanol–water partition coefficient (Wildman–Crippen LogP) is 7.03. The zero-order valence-electron chi connectivity index (χ0n) is 80.6. The summed E-state index contributed by atoms with van der Waals surface area (Å²) in [4.78, 5) is 155. The third-order valence-corrected chi connectivity index (χ3v) is 25.6. The van der Waals surface area contributed by atoms with E-state index in [0.717, 1.165) is 130 Å². The van der Waals surface area contributed by atoms with Crippen LogP contribution in [0.15, 0.2) is 170 Å². The Morgan fingerprint density at radius 1 is 0.433 bits per heavy atom. The molecule has 750 valence electrons. The molecule has 9 N–H and O–H groups in total. The normalized spacial score (nSPS) is 16.3. The number of imide groups is 1. The standard InChI is InChI=1S/C26H31N3O6.C25H27N3O5.C22H23BrN2O5.C14H16N2O5.C8H8Br2.C4H9NO.C4H9O.K/c1-33-24(30)10-9-22(25(27)31)29-16-21-20(26(29)32)3-2-4-23(21)35-17-19-7-5-18(6-8-19)15-28-11-13-34-14-12-28;29-23-9-8-21(24(30)26-23)28-15-20-19(25(28)31)2-1-3-22(20)33-16-18-6-4-17(5-7-18)14-27-10-12-32-13-11-27;1-29-20(26)10-9-18(21(24)27)25-12-17-16(22(25)28)3-2-4-19(17)30-13-15-7-5-14(11-23)6-8-15;1-21-12(18)6-5-10(13(15)19)16-7-9-8(14(16)20)3-2-4-11(9)17;9-5-7-1-2-8(6-10)4-3-7;1-3-6-4-2-5-1;1-4(2,3)5;/h2-8,22H,9-17H2,1H3,(H2,27,31);1-7,21H,8-16H2,(H,26,29,30);2-8,18H,9-13H2,1H3,(H2,24,27);2-4,10,17H,5-7H2,1H3,(H2,15,19);1-4H,5-6H2;5H,1-4H2;1-3H3;/q;;;;;;-1;+1/t22-;21-;18-;10-;;;;/m0000..../s1. The Bertz CT molecular complexity index is 5510. The molecule has 141 heavy (non-hydrogen) atoms. The topological polar surface area (TPSA) is 453 Å². The van der Waals surface area contributed by atoms with Crippen molar-refractivity contribution in [3.05, 3.63) is 259 Å². The fourth-order valence-corrected chi connectivity index (χ4v) is 17.2. The second kappa shape index (κ2) is 57.8. The number of nitrogens with one attached hydrogen (secondary N) is 2. The second-order valence-electron chi connectivity index (χ2n) is 34.7. The van der Waals surface area contributed by atoms with Gasteiger partial charge in [0.15, 0.2) is 0 Å². The van der Waals surface area contributed by atoms with Crippen molar-refractivity contribution in [3.63, 3.8) is 0 Å². The fraction of sp³-hybridized carbons (Fsp3) is 0.417. The van der Waals surface area contributed by atoms with E-state index in [9.17, 15) is 67.7 Å². The van der Waals surface area contributed by atoms with E-state index < -0.39 is 71.3 Å². The number of ether oxygens (including phenoxy) is 9. The van der Waals surface area contributed by atoms with Crippen molar-refractivity contribution >= 4 is 119 Å². The Hall–Kier alpha value is -10.4. The summed E-state index contributed by atoms with van der Waals surface area (Å²) in [5.41, 5.74) is 29.6. The minimum absolute atomic E-state index is 0. The molecule has 8 aliphatic heterocycles. The minimum Gasteiger partial charge on any atom is -0.850 e. The molecule has 0 spiro atoms. The first kappa shape index (κ1) is 114. The average Bonchev–Trinajstić information content (AvgIpc) is 1.64. The van der Waals surface area contributed by atoms with E-state index in [-0.39, 0.29) is 151 Å². The molecule has 9 amide bonds. The molecular formula is C103H123Br3KN11O23. The number of hydrogen-bond donors (Lipinski definition) is 6. The van der Waals surface area contributed by atoms with Gasteiger partial charge in [-0.05, 0) is 119 Å². The molecule has 8 aromatic carbocycles. The molecule has 8 aromatic rings. The number of carbonyl (C=O) groups is 12. The summed E-state index contributed by atoms with van der Waals surface area (Å²) in [6, 6.07) is 50.5. The number of phenols is 1. The number of fused-ring (bicyclic) bond motifs is 4. The van der Waals surface area contributed by atoms with Crippen LogP contribution in [0.5, 0.6) is 23.0 Å². The van der Waals surface area contributed by atoms with Crippen LogP contribution in [0.25, 0.3) is 0 Å². The van der Waals surface area contributed by atoms with Gasteiger partial charge in [-0.25, -0.2) is 0 Å². The van der Waals surface area contributed by atoms with Gasteiger partial charge in [0, 0.05) is 139 Å². The van der Waals surface area contributed by atoms with Gasteiger partial charge < -0.3 is 95.0 Å². The van der Waals surface area contributed by atoms with Crippen molar-refractivity contribution in [2.45, 2.75) is 177 Å². The van der Waals surface area contributed by atoms with Gasteiger partial charge in [-0.15, -0.1) is 5.60 Å². The Morgan fingerprint density at radius 3 is 1.03 bits per heavy atom. The maximum atomic E-state index is 13.0. The monoisotopic (exact) mass is 2160 g/mol. The van der Waals surface area contributed by atoms with E-state index >= 15 is 0 Å². The van der Waals surface area contributed by atoms with Crippen molar-refractivity contribution in [1.82, 2.24) is 40.0 Å². The van der Waals surface area contributed by atoms with E-state index in [4.69, 9.17) is 45.6 Å². The van der Waals surface area contributed by atoms with Crippen LogP contribution in [0, 0.1) is 0 Å². The van der Waals surface area contributed by atoms with Crippen molar-refractivity contribution in [2.24, 2.45) is 17.2 Å². The molecule has 34 nitrogen and oxygen atoms in total. The van der Waals surface area contributed by atoms with Crippen molar-refractivity contribution < 1.29 is 162 Å². The van der Waals surface area contributed by atoms with Crippen LogP contribution < -0.4 is 98.5 Å². The van der Waals surface area contributed by atoms with Crippen LogP contribution in [-0.2, 0) is 142 Å². The Kier molecular flexibility index (Phi) is 46.8. The molecule has 38 heteroatoms. The summed E-state index contributed by atoms with van der Waals surface area (Å²) in [6.07, 6.45) is 0.858. The van der Waals surface area contributed by atoms with Crippen molar-refractivity contribution in [1.29, 1.82) is 0 Å². The van der Waals surface area contributed by atoms with Gasteiger partial charge in [-0.1, -0.05) is 190 Å². The number of methoxy groups -OCH3 is 3. The van der Waals surface area contributed by atoms with Gasteiger partial charge in [-0.2, -0.15) is 0 Å². The number of nitrogens with two attached hydrogens (primary N) is 3. The third-order valence-electron chi connectivity index (χ3n) is 23.7.